The Morgan fingerprint density at radius 1 is 1.13 bits per heavy atom. The molecule has 0 saturated heterocycles. The fourth-order valence-electron chi connectivity index (χ4n) is 2.83. The van der Waals surface area contributed by atoms with Crippen molar-refractivity contribution in [2.24, 2.45) is 0 Å². The maximum atomic E-state index is 12.3. The van der Waals surface area contributed by atoms with Gasteiger partial charge in [0.1, 0.15) is 17.7 Å². The maximum Gasteiger partial charge on any atom is 0.412 e. The highest BCUT2D eigenvalue weighted by Crippen LogP contribution is 2.15. The molecular weight excluding hydrogens is 396 g/mol. The summed E-state index contributed by atoms with van der Waals surface area (Å²) in [7, 11) is 0. The fourth-order valence-corrected chi connectivity index (χ4v) is 2.83. The smallest absolute Gasteiger partial charge is 0.412 e. The van der Waals surface area contributed by atoms with Gasteiger partial charge in [0.25, 0.3) is 0 Å². The highest BCUT2D eigenvalue weighted by Gasteiger charge is 2.16. The zero-order valence-corrected chi connectivity index (χ0v) is 17.9. The van der Waals surface area contributed by atoms with E-state index < -0.39 is 17.7 Å². The van der Waals surface area contributed by atoms with Crippen molar-refractivity contribution in [2.75, 3.05) is 11.9 Å². The Bertz CT molecular complexity index is 1030. The number of nitrogens with one attached hydrogen (secondary N) is 1. The van der Waals surface area contributed by atoms with Crippen LogP contribution in [-0.4, -0.2) is 38.8 Å². The summed E-state index contributed by atoms with van der Waals surface area (Å²) in [5.74, 6) is 0.199. The second-order valence-corrected chi connectivity index (χ2v) is 7.94. The molecule has 0 aliphatic carbocycles. The van der Waals surface area contributed by atoms with Crippen molar-refractivity contribution >= 4 is 17.7 Å². The molecule has 31 heavy (non-hydrogen) atoms. The molecule has 0 saturated carbocycles. The van der Waals surface area contributed by atoms with Crippen LogP contribution in [0.3, 0.4) is 0 Å². The molecule has 0 atom stereocenters. The lowest BCUT2D eigenvalue weighted by molar-refractivity contribution is 0.0499. The van der Waals surface area contributed by atoms with Crippen molar-refractivity contribution in [1.82, 2.24) is 14.5 Å². The number of hydrogen-bond acceptors (Lipinski definition) is 6. The van der Waals surface area contributed by atoms with Crippen molar-refractivity contribution < 1.29 is 19.1 Å². The number of nitrogens with zero attached hydrogens (tertiary/aromatic N) is 3. The molecule has 3 aromatic rings. The van der Waals surface area contributed by atoms with Crippen LogP contribution < -0.4 is 5.32 Å². The van der Waals surface area contributed by atoms with E-state index >= 15 is 0 Å². The molecule has 0 aliphatic rings. The standard InChI is InChI=1S/C23H26N4O4/c1-23(2,3)31-22(29)26-19-8-4-6-17(14-19)7-5-13-30-21(28)18-9-10-25-20(15-18)27-12-11-24-16-27/h4,6,8-12,14-16H,5,7,13H2,1-3H3,(H,26,29). The second-order valence-electron chi connectivity index (χ2n) is 7.94. The van der Waals surface area contributed by atoms with Gasteiger partial charge in [-0.15, -0.1) is 0 Å². The minimum Gasteiger partial charge on any atom is -0.462 e. The van der Waals surface area contributed by atoms with Gasteiger partial charge in [0.05, 0.1) is 12.2 Å². The molecule has 0 fully saturated rings. The zero-order chi connectivity index (χ0) is 22.3. The van der Waals surface area contributed by atoms with Gasteiger partial charge in [-0.2, -0.15) is 0 Å². The van der Waals surface area contributed by atoms with Crippen LogP contribution in [0.1, 0.15) is 43.1 Å². The van der Waals surface area contributed by atoms with E-state index in [4.69, 9.17) is 9.47 Å². The van der Waals surface area contributed by atoms with Gasteiger partial charge in [-0.1, -0.05) is 12.1 Å². The van der Waals surface area contributed by atoms with E-state index in [9.17, 15) is 9.59 Å². The van der Waals surface area contributed by atoms with Crippen LogP contribution in [0.4, 0.5) is 10.5 Å². The first-order chi connectivity index (χ1) is 14.8. The van der Waals surface area contributed by atoms with Crippen LogP contribution in [0.15, 0.2) is 61.3 Å². The van der Waals surface area contributed by atoms with Crippen molar-refractivity contribution in [2.45, 2.75) is 39.2 Å². The number of imidazole rings is 1. The van der Waals surface area contributed by atoms with E-state index in [1.165, 1.54) is 0 Å². The van der Waals surface area contributed by atoms with Crippen molar-refractivity contribution in [3.05, 3.63) is 72.4 Å². The van der Waals surface area contributed by atoms with Gasteiger partial charge in [-0.05, 0) is 63.4 Å². The Labute approximate surface area is 181 Å². The molecule has 2 aromatic heterocycles. The number of aromatic nitrogens is 3. The molecule has 0 bridgehead atoms. The lowest BCUT2D eigenvalue weighted by Gasteiger charge is -2.19. The fraction of sp³-hybridized carbons (Fsp3) is 0.304. The molecule has 2 heterocycles. The second kappa shape index (κ2) is 9.88. The number of rotatable bonds is 7. The Balaban J connectivity index is 1.47. The summed E-state index contributed by atoms with van der Waals surface area (Å²) in [6.45, 7) is 5.73. The van der Waals surface area contributed by atoms with Crippen molar-refractivity contribution in [3.8, 4) is 5.82 Å². The average molecular weight is 422 g/mol. The minimum atomic E-state index is -0.556. The molecule has 8 heteroatoms. The monoisotopic (exact) mass is 422 g/mol. The maximum absolute atomic E-state index is 12.3. The highest BCUT2D eigenvalue weighted by molar-refractivity contribution is 5.89. The van der Waals surface area contributed by atoms with Crippen molar-refractivity contribution in [3.63, 3.8) is 0 Å². The molecule has 162 valence electrons. The first-order valence-electron chi connectivity index (χ1n) is 10.0. The van der Waals surface area contributed by atoms with Gasteiger partial charge in [0.15, 0.2) is 0 Å². The Morgan fingerprint density at radius 3 is 2.71 bits per heavy atom. The minimum absolute atomic E-state index is 0.283. The summed E-state index contributed by atoms with van der Waals surface area (Å²) in [5.41, 5.74) is 1.56. The lowest BCUT2D eigenvalue weighted by atomic mass is 10.1. The van der Waals surface area contributed by atoms with Gasteiger partial charge in [-0.25, -0.2) is 19.6 Å². The quantitative estimate of drug-likeness (QED) is 0.448. The first kappa shape index (κ1) is 22.0. The number of benzene rings is 1. The average Bonchev–Trinajstić information content (AvgIpc) is 3.25. The molecule has 1 N–H and O–H groups in total. The van der Waals surface area contributed by atoms with Gasteiger partial charge in [0.2, 0.25) is 0 Å². The molecule has 8 nitrogen and oxygen atoms in total. The largest absolute Gasteiger partial charge is 0.462 e. The third kappa shape index (κ3) is 6.95. The molecule has 1 amide bonds. The summed E-state index contributed by atoms with van der Waals surface area (Å²) in [6, 6.07) is 10.8. The van der Waals surface area contributed by atoms with Crippen LogP contribution in [-0.2, 0) is 15.9 Å². The third-order valence-electron chi connectivity index (χ3n) is 4.17. The first-order valence-corrected chi connectivity index (χ1v) is 10.0. The Morgan fingerprint density at radius 2 is 1.97 bits per heavy atom. The molecular formula is C23H26N4O4. The van der Waals surface area contributed by atoms with E-state index in [0.717, 1.165) is 5.56 Å². The number of ether oxygens (including phenoxy) is 2. The summed E-state index contributed by atoms with van der Waals surface area (Å²) in [6.07, 6.45) is 7.44. The van der Waals surface area contributed by atoms with Crippen molar-refractivity contribution in [1.29, 1.82) is 0 Å². The van der Waals surface area contributed by atoms with E-state index in [0.29, 0.717) is 29.9 Å². The van der Waals surface area contributed by atoms with Gasteiger partial charge in [-0.3, -0.25) is 9.88 Å². The molecule has 3 rings (SSSR count). The van der Waals surface area contributed by atoms with E-state index in [1.54, 1.807) is 47.7 Å². The summed E-state index contributed by atoms with van der Waals surface area (Å²) >= 11 is 0. The number of anilines is 1. The summed E-state index contributed by atoms with van der Waals surface area (Å²) < 4.78 is 12.4. The Hall–Kier alpha value is -3.68. The number of amides is 1. The van der Waals surface area contributed by atoms with Gasteiger partial charge in [0, 0.05) is 24.3 Å². The molecule has 0 spiro atoms. The summed E-state index contributed by atoms with van der Waals surface area (Å²) in [5, 5.41) is 2.73. The topological polar surface area (TPSA) is 95.3 Å². The van der Waals surface area contributed by atoms with E-state index in [-0.39, 0.29) is 6.61 Å². The van der Waals surface area contributed by atoms with Crippen LogP contribution in [0.5, 0.6) is 0 Å². The van der Waals surface area contributed by atoms with Gasteiger partial charge < -0.3 is 9.47 Å². The highest BCUT2D eigenvalue weighted by atomic mass is 16.6. The van der Waals surface area contributed by atoms with Crippen LogP contribution in [0, 0.1) is 0 Å². The SMILES string of the molecule is CC(C)(C)OC(=O)Nc1cccc(CCCOC(=O)c2ccnc(-n3ccnc3)c2)c1. The van der Waals surface area contributed by atoms with Crippen LogP contribution in [0.2, 0.25) is 0 Å². The number of carbonyl (C=O) groups is 2. The van der Waals surface area contributed by atoms with Gasteiger partial charge >= 0.3 is 12.1 Å². The third-order valence-corrected chi connectivity index (χ3v) is 4.17. The van der Waals surface area contributed by atoms with Crippen LogP contribution >= 0.6 is 0 Å². The number of aryl methyl sites for hydroxylation is 1. The summed E-state index contributed by atoms with van der Waals surface area (Å²) in [4.78, 5) is 32.4. The molecule has 0 aliphatic heterocycles. The molecule has 1 aromatic carbocycles. The molecule has 0 radical (unpaired) electrons. The predicted molar refractivity (Wildman–Crippen MR) is 116 cm³/mol. The molecule has 0 unspecified atom stereocenters. The van der Waals surface area contributed by atoms with Crippen LogP contribution in [0.25, 0.3) is 5.82 Å². The normalized spacial score (nSPS) is 11.1. The van der Waals surface area contributed by atoms with E-state index in [2.05, 4.69) is 15.3 Å². The number of carbonyl (C=O) groups excluding carboxylic acids is 2. The zero-order valence-electron chi connectivity index (χ0n) is 17.9. The van der Waals surface area contributed by atoms with E-state index in [1.807, 2.05) is 39.0 Å². The predicted octanol–water partition coefficient (Wildman–Crippen LogP) is 4.40. The lowest BCUT2D eigenvalue weighted by Crippen LogP contribution is -2.27. The number of esters is 1. The Kier molecular flexibility index (Phi) is 7.02. The number of hydrogen-bond donors (Lipinski definition) is 1. The number of pyridine rings is 1.